The second kappa shape index (κ2) is 5.73. The van der Waals surface area contributed by atoms with E-state index in [4.69, 9.17) is 9.47 Å². The summed E-state index contributed by atoms with van der Waals surface area (Å²) in [6.07, 6.45) is 1.40. The number of nitrogens with one attached hydrogen (secondary N) is 1. The molecule has 0 aromatic heterocycles. The van der Waals surface area contributed by atoms with Crippen LogP contribution in [0.25, 0.3) is 0 Å². The smallest absolute Gasteiger partial charge is 0.330 e. The van der Waals surface area contributed by atoms with Gasteiger partial charge in [-0.15, -0.1) is 0 Å². The SMILES string of the molecule is O=C(NC(C(=O)O)c1ccc2c(c1)CCO2)C1CCOC1. The third-order valence-electron chi connectivity index (χ3n) is 3.88. The van der Waals surface area contributed by atoms with Crippen molar-refractivity contribution >= 4 is 11.9 Å². The number of hydrogen-bond donors (Lipinski definition) is 2. The molecule has 0 aliphatic carbocycles. The van der Waals surface area contributed by atoms with Crippen molar-refractivity contribution in [1.82, 2.24) is 5.32 Å². The zero-order valence-corrected chi connectivity index (χ0v) is 11.5. The van der Waals surface area contributed by atoms with E-state index in [1.165, 1.54) is 0 Å². The van der Waals surface area contributed by atoms with Gasteiger partial charge in [0, 0.05) is 13.0 Å². The first-order valence-corrected chi connectivity index (χ1v) is 7.01. The predicted molar refractivity (Wildman–Crippen MR) is 73.1 cm³/mol. The van der Waals surface area contributed by atoms with Crippen LogP contribution in [-0.4, -0.2) is 36.8 Å². The third-order valence-corrected chi connectivity index (χ3v) is 3.88. The molecule has 0 radical (unpaired) electrons. The summed E-state index contributed by atoms with van der Waals surface area (Å²) in [5.41, 5.74) is 1.55. The number of benzene rings is 1. The standard InChI is InChI=1S/C15H17NO5/c17-14(11-3-5-20-8-11)16-13(15(18)19)10-1-2-12-9(7-10)4-6-21-12/h1-2,7,11,13H,3-6,8H2,(H,16,17)(H,18,19). The Hall–Kier alpha value is -2.08. The monoisotopic (exact) mass is 291 g/mol. The van der Waals surface area contributed by atoms with E-state index < -0.39 is 12.0 Å². The molecule has 2 heterocycles. The van der Waals surface area contributed by atoms with Crippen molar-refractivity contribution in [3.8, 4) is 5.75 Å². The third kappa shape index (κ3) is 2.85. The summed E-state index contributed by atoms with van der Waals surface area (Å²) < 4.78 is 10.6. The van der Waals surface area contributed by atoms with Crippen LogP contribution in [0.4, 0.5) is 0 Å². The van der Waals surface area contributed by atoms with Crippen LogP contribution in [0.15, 0.2) is 18.2 Å². The van der Waals surface area contributed by atoms with Crippen molar-refractivity contribution in [1.29, 1.82) is 0 Å². The lowest BCUT2D eigenvalue weighted by molar-refractivity contribution is -0.142. The summed E-state index contributed by atoms with van der Waals surface area (Å²) in [4.78, 5) is 23.6. The minimum atomic E-state index is -1.07. The number of rotatable bonds is 4. The highest BCUT2D eigenvalue weighted by molar-refractivity contribution is 5.86. The summed E-state index contributed by atoms with van der Waals surface area (Å²) >= 11 is 0. The molecule has 1 aromatic carbocycles. The highest BCUT2D eigenvalue weighted by atomic mass is 16.5. The van der Waals surface area contributed by atoms with Crippen LogP contribution in [0.1, 0.15) is 23.6 Å². The van der Waals surface area contributed by atoms with Crippen molar-refractivity contribution in [3.05, 3.63) is 29.3 Å². The Morgan fingerprint density at radius 2 is 2.19 bits per heavy atom. The van der Waals surface area contributed by atoms with E-state index in [0.717, 1.165) is 17.7 Å². The summed E-state index contributed by atoms with van der Waals surface area (Å²) in [5, 5.41) is 12.0. The number of hydrogen-bond acceptors (Lipinski definition) is 4. The topological polar surface area (TPSA) is 84.9 Å². The van der Waals surface area contributed by atoms with Gasteiger partial charge in [0.25, 0.3) is 0 Å². The second-order valence-electron chi connectivity index (χ2n) is 5.31. The van der Waals surface area contributed by atoms with Crippen LogP contribution >= 0.6 is 0 Å². The van der Waals surface area contributed by atoms with E-state index in [0.29, 0.717) is 31.8 Å². The van der Waals surface area contributed by atoms with Gasteiger partial charge in [-0.1, -0.05) is 6.07 Å². The number of carbonyl (C=O) groups excluding carboxylic acids is 1. The predicted octanol–water partition coefficient (Wildman–Crippen LogP) is 0.900. The molecule has 1 aromatic rings. The number of fused-ring (bicyclic) bond motifs is 1. The molecular formula is C15H17NO5. The molecule has 1 saturated heterocycles. The van der Waals surface area contributed by atoms with Gasteiger partial charge in [0.05, 0.1) is 19.1 Å². The van der Waals surface area contributed by atoms with E-state index >= 15 is 0 Å². The normalized spacial score (nSPS) is 21.4. The molecule has 2 N–H and O–H groups in total. The van der Waals surface area contributed by atoms with Gasteiger partial charge >= 0.3 is 5.97 Å². The average Bonchev–Trinajstić information content (AvgIpc) is 3.13. The van der Waals surface area contributed by atoms with Gasteiger partial charge in [-0.25, -0.2) is 4.79 Å². The number of amides is 1. The molecule has 1 fully saturated rings. The number of aliphatic carboxylic acids is 1. The van der Waals surface area contributed by atoms with Gasteiger partial charge in [-0.3, -0.25) is 4.79 Å². The Bertz CT molecular complexity index is 565. The molecule has 2 atom stereocenters. The number of ether oxygens (including phenoxy) is 2. The lowest BCUT2D eigenvalue weighted by atomic mass is 10.0. The molecule has 2 aliphatic heterocycles. The molecule has 0 bridgehead atoms. The van der Waals surface area contributed by atoms with Gasteiger partial charge in [0.2, 0.25) is 5.91 Å². The average molecular weight is 291 g/mol. The first kappa shape index (κ1) is 13.9. The maximum Gasteiger partial charge on any atom is 0.330 e. The maximum atomic E-state index is 12.1. The van der Waals surface area contributed by atoms with E-state index in [2.05, 4.69) is 5.32 Å². The molecule has 1 amide bonds. The maximum absolute atomic E-state index is 12.1. The number of carbonyl (C=O) groups is 2. The fraction of sp³-hybridized carbons (Fsp3) is 0.467. The minimum absolute atomic E-state index is 0.260. The van der Waals surface area contributed by atoms with Gasteiger partial charge in [-0.05, 0) is 29.7 Å². The second-order valence-corrected chi connectivity index (χ2v) is 5.31. The summed E-state index contributed by atoms with van der Waals surface area (Å²) in [6.45, 7) is 1.52. The van der Waals surface area contributed by atoms with Gasteiger partial charge in [-0.2, -0.15) is 0 Å². The summed E-state index contributed by atoms with van der Waals surface area (Å²) in [5.74, 6) is -0.805. The first-order valence-electron chi connectivity index (χ1n) is 7.01. The molecule has 6 nitrogen and oxygen atoms in total. The zero-order chi connectivity index (χ0) is 14.8. The fourth-order valence-corrected chi connectivity index (χ4v) is 2.68. The molecule has 0 saturated carbocycles. The van der Waals surface area contributed by atoms with Crippen LogP contribution in [0.2, 0.25) is 0 Å². The molecule has 6 heteroatoms. The van der Waals surface area contributed by atoms with Crippen LogP contribution < -0.4 is 10.1 Å². The Labute approximate surface area is 122 Å². The van der Waals surface area contributed by atoms with Crippen molar-refractivity contribution in [3.63, 3.8) is 0 Å². The molecular weight excluding hydrogens is 274 g/mol. The van der Waals surface area contributed by atoms with E-state index in [1.54, 1.807) is 18.2 Å². The quantitative estimate of drug-likeness (QED) is 0.861. The lowest BCUT2D eigenvalue weighted by Gasteiger charge is -2.17. The van der Waals surface area contributed by atoms with Crippen molar-refractivity contribution in [2.24, 2.45) is 5.92 Å². The van der Waals surface area contributed by atoms with Gasteiger partial charge < -0.3 is 19.9 Å². The van der Waals surface area contributed by atoms with Gasteiger partial charge in [0.1, 0.15) is 5.75 Å². The largest absolute Gasteiger partial charge is 0.493 e. The molecule has 0 spiro atoms. The highest BCUT2D eigenvalue weighted by Crippen LogP contribution is 2.28. The van der Waals surface area contributed by atoms with Crippen molar-refractivity contribution in [2.75, 3.05) is 19.8 Å². The van der Waals surface area contributed by atoms with E-state index in [1.807, 2.05) is 0 Å². The van der Waals surface area contributed by atoms with Gasteiger partial charge in [0.15, 0.2) is 6.04 Å². The molecule has 2 unspecified atom stereocenters. The Balaban J connectivity index is 1.78. The Morgan fingerprint density at radius 3 is 2.90 bits per heavy atom. The van der Waals surface area contributed by atoms with Crippen LogP contribution in [0.3, 0.4) is 0 Å². The highest BCUT2D eigenvalue weighted by Gasteiger charge is 2.29. The Morgan fingerprint density at radius 1 is 1.33 bits per heavy atom. The molecule has 2 aliphatic rings. The molecule has 21 heavy (non-hydrogen) atoms. The number of carboxylic acid groups (broad SMARTS) is 1. The molecule has 3 rings (SSSR count). The Kier molecular flexibility index (Phi) is 3.79. The van der Waals surface area contributed by atoms with Crippen LogP contribution in [0, 0.1) is 5.92 Å². The lowest BCUT2D eigenvalue weighted by Crippen LogP contribution is -2.38. The van der Waals surface area contributed by atoms with E-state index in [9.17, 15) is 14.7 Å². The van der Waals surface area contributed by atoms with Crippen molar-refractivity contribution < 1.29 is 24.2 Å². The van der Waals surface area contributed by atoms with Crippen molar-refractivity contribution in [2.45, 2.75) is 18.9 Å². The first-order chi connectivity index (χ1) is 10.1. The van der Waals surface area contributed by atoms with Crippen LogP contribution in [0.5, 0.6) is 5.75 Å². The molecule has 112 valence electrons. The summed E-state index contributed by atoms with van der Waals surface area (Å²) in [7, 11) is 0. The minimum Gasteiger partial charge on any atom is -0.493 e. The van der Waals surface area contributed by atoms with E-state index in [-0.39, 0.29) is 11.8 Å². The van der Waals surface area contributed by atoms with Crippen LogP contribution in [-0.2, 0) is 20.7 Å². The fourth-order valence-electron chi connectivity index (χ4n) is 2.68. The summed E-state index contributed by atoms with van der Waals surface area (Å²) in [6, 6.07) is 4.21. The number of carboxylic acids is 1. The zero-order valence-electron chi connectivity index (χ0n) is 11.5.